The molecule has 5 heteroatoms. The second kappa shape index (κ2) is 5.58. The topological polar surface area (TPSA) is 55.6 Å². The van der Waals surface area contributed by atoms with Gasteiger partial charge in [-0.1, -0.05) is 12.1 Å². The third kappa shape index (κ3) is 3.60. The maximum absolute atomic E-state index is 12.9. The zero-order valence-electron chi connectivity index (χ0n) is 9.37. The van der Waals surface area contributed by atoms with Crippen LogP contribution in [0.15, 0.2) is 18.2 Å². The molecule has 0 atom stereocenters. The van der Waals surface area contributed by atoms with E-state index in [2.05, 4.69) is 0 Å². The van der Waals surface area contributed by atoms with Crippen LogP contribution >= 0.6 is 0 Å². The number of aryl methyl sites for hydroxylation is 1. The van der Waals surface area contributed by atoms with Crippen LogP contribution in [0.1, 0.15) is 11.1 Å². The molecule has 1 amide bonds. The Morgan fingerprint density at radius 1 is 1.56 bits per heavy atom. The van der Waals surface area contributed by atoms with E-state index in [-0.39, 0.29) is 24.9 Å². The number of nitrogens with two attached hydrogens (primary N) is 1. The molecular weight excluding hydrogens is 211 g/mol. The van der Waals surface area contributed by atoms with E-state index >= 15 is 0 Å². The summed E-state index contributed by atoms with van der Waals surface area (Å²) in [5, 5.41) is 0.968. The number of hydrogen-bond acceptors (Lipinski definition) is 3. The van der Waals surface area contributed by atoms with Gasteiger partial charge in [-0.15, -0.1) is 0 Å². The van der Waals surface area contributed by atoms with Crippen LogP contribution in [-0.2, 0) is 16.1 Å². The molecule has 0 spiro atoms. The molecule has 16 heavy (non-hydrogen) atoms. The lowest BCUT2D eigenvalue weighted by Crippen LogP contribution is -2.35. The summed E-state index contributed by atoms with van der Waals surface area (Å²) in [4.78, 5) is 11.1. The van der Waals surface area contributed by atoms with Crippen molar-refractivity contribution in [2.45, 2.75) is 13.5 Å². The first-order valence-electron chi connectivity index (χ1n) is 4.84. The quantitative estimate of drug-likeness (QED) is 0.473. The van der Waals surface area contributed by atoms with E-state index in [1.807, 2.05) is 0 Å². The number of amides is 1. The number of rotatable bonds is 4. The smallest absolute Gasteiger partial charge is 0.262 e. The van der Waals surface area contributed by atoms with Gasteiger partial charge in [0.05, 0.1) is 6.61 Å². The molecule has 0 unspecified atom stereocenters. The maximum Gasteiger partial charge on any atom is 0.262 e. The Bertz CT molecular complexity index is 380. The van der Waals surface area contributed by atoms with Crippen molar-refractivity contribution in [1.29, 1.82) is 0 Å². The van der Waals surface area contributed by atoms with Crippen LogP contribution < -0.4 is 5.84 Å². The monoisotopic (exact) mass is 226 g/mol. The second-order valence-corrected chi connectivity index (χ2v) is 3.58. The fraction of sp³-hybridized carbons (Fsp3) is 0.364. The maximum atomic E-state index is 12.9. The first-order valence-corrected chi connectivity index (χ1v) is 4.84. The Hall–Kier alpha value is -1.46. The summed E-state index contributed by atoms with van der Waals surface area (Å²) < 4.78 is 18.1. The van der Waals surface area contributed by atoms with Crippen LogP contribution in [0.2, 0.25) is 0 Å². The van der Waals surface area contributed by atoms with Crippen molar-refractivity contribution in [2.24, 2.45) is 5.84 Å². The van der Waals surface area contributed by atoms with Crippen molar-refractivity contribution < 1.29 is 13.9 Å². The van der Waals surface area contributed by atoms with Gasteiger partial charge in [0.25, 0.3) is 5.91 Å². The number of hydrazine groups is 1. The van der Waals surface area contributed by atoms with Crippen LogP contribution in [0.5, 0.6) is 0 Å². The Labute approximate surface area is 93.8 Å². The van der Waals surface area contributed by atoms with Crippen molar-refractivity contribution in [1.82, 2.24) is 5.01 Å². The summed E-state index contributed by atoms with van der Waals surface area (Å²) in [6.07, 6.45) is 0. The van der Waals surface area contributed by atoms with Crippen LogP contribution in [0.4, 0.5) is 4.39 Å². The Morgan fingerprint density at radius 2 is 2.25 bits per heavy atom. The van der Waals surface area contributed by atoms with E-state index in [1.165, 1.54) is 13.1 Å². The lowest BCUT2D eigenvalue weighted by atomic mass is 10.1. The number of carbonyl (C=O) groups excluding carboxylic acids is 1. The average Bonchev–Trinajstić information content (AvgIpc) is 2.23. The van der Waals surface area contributed by atoms with E-state index < -0.39 is 0 Å². The molecule has 4 nitrogen and oxygen atoms in total. The van der Waals surface area contributed by atoms with Gasteiger partial charge in [-0.05, 0) is 24.1 Å². The minimum atomic E-state index is -0.307. The molecule has 0 aromatic heterocycles. The third-order valence-electron chi connectivity index (χ3n) is 2.11. The lowest BCUT2D eigenvalue weighted by Gasteiger charge is -2.10. The minimum absolute atomic E-state index is 0.0799. The third-order valence-corrected chi connectivity index (χ3v) is 2.11. The van der Waals surface area contributed by atoms with Gasteiger partial charge < -0.3 is 4.74 Å². The van der Waals surface area contributed by atoms with Crippen LogP contribution in [0.25, 0.3) is 0 Å². The zero-order valence-corrected chi connectivity index (χ0v) is 9.37. The molecule has 1 aromatic carbocycles. The van der Waals surface area contributed by atoms with Gasteiger partial charge >= 0.3 is 0 Å². The highest BCUT2D eigenvalue weighted by Gasteiger charge is 2.05. The molecule has 0 heterocycles. The number of carbonyl (C=O) groups is 1. The van der Waals surface area contributed by atoms with Gasteiger partial charge in [0, 0.05) is 7.05 Å². The highest BCUT2D eigenvalue weighted by molar-refractivity contribution is 5.76. The van der Waals surface area contributed by atoms with Crippen molar-refractivity contribution in [3.63, 3.8) is 0 Å². The molecule has 0 fully saturated rings. The molecule has 0 saturated carbocycles. The van der Waals surface area contributed by atoms with E-state index in [4.69, 9.17) is 10.6 Å². The number of likely N-dealkylation sites (N-methyl/N-ethyl adjacent to an activating group) is 1. The number of nitrogens with zero attached hydrogens (tertiary/aromatic N) is 1. The fourth-order valence-corrected chi connectivity index (χ4v) is 1.15. The summed E-state index contributed by atoms with van der Waals surface area (Å²) >= 11 is 0. The van der Waals surface area contributed by atoms with Crippen molar-refractivity contribution >= 4 is 5.91 Å². The first kappa shape index (κ1) is 12.6. The molecule has 2 N–H and O–H groups in total. The van der Waals surface area contributed by atoms with Gasteiger partial charge in [-0.2, -0.15) is 0 Å². The molecule has 0 bridgehead atoms. The predicted molar refractivity (Wildman–Crippen MR) is 57.8 cm³/mol. The summed E-state index contributed by atoms with van der Waals surface area (Å²) in [5.41, 5.74) is 1.38. The Kier molecular flexibility index (Phi) is 4.39. The summed E-state index contributed by atoms with van der Waals surface area (Å²) in [6, 6.07) is 4.69. The number of hydrogen-bond donors (Lipinski definition) is 1. The molecule has 0 aliphatic heterocycles. The number of benzene rings is 1. The molecule has 0 aliphatic rings. The molecule has 1 aromatic rings. The van der Waals surface area contributed by atoms with Gasteiger partial charge in [0.1, 0.15) is 12.4 Å². The Morgan fingerprint density at radius 3 is 2.81 bits per heavy atom. The van der Waals surface area contributed by atoms with E-state index in [0.29, 0.717) is 5.56 Å². The predicted octanol–water partition coefficient (Wildman–Crippen LogP) is 0.983. The minimum Gasteiger partial charge on any atom is -0.367 e. The largest absolute Gasteiger partial charge is 0.367 e. The highest BCUT2D eigenvalue weighted by atomic mass is 19.1. The average molecular weight is 226 g/mol. The van der Waals surface area contributed by atoms with E-state index in [1.54, 1.807) is 19.1 Å². The Balaban J connectivity index is 2.43. The summed E-state index contributed by atoms with van der Waals surface area (Å²) in [6.45, 7) is 1.86. The van der Waals surface area contributed by atoms with Crippen LogP contribution in [0, 0.1) is 12.7 Å². The normalized spacial score (nSPS) is 10.2. The molecule has 88 valence electrons. The molecule has 0 radical (unpaired) electrons. The highest BCUT2D eigenvalue weighted by Crippen LogP contribution is 2.09. The summed E-state index contributed by atoms with van der Waals surface area (Å²) in [5.74, 6) is 4.66. The summed E-state index contributed by atoms with van der Waals surface area (Å²) in [7, 11) is 1.45. The van der Waals surface area contributed by atoms with Gasteiger partial charge in [0.15, 0.2) is 0 Å². The number of halogens is 1. The van der Waals surface area contributed by atoms with Crippen LogP contribution in [0.3, 0.4) is 0 Å². The second-order valence-electron chi connectivity index (χ2n) is 3.58. The molecular formula is C11H15FN2O2. The zero-order chi connectivity index (χ0) is 12.1. The fourth-order valence-electron chi connectivity index (χ4n) is 1.15. The number of ether oxygens (including phenoxy) is 1. The SMILES string of the molecule is Cc1cc(COCC(=O)N(C)N)ccc1F. The van der Waals surface area contributed by atoms with Gasteiger partial charge in [-0.3, -0.25) is 9.80 Å². The molecule has 0 aliphatic carbocycles. The van der Waals surface area contributed by atoms with Gasteiger partial charge in [0.2, 0.25) is 0 Å². The van der Waals surface area contributed by atoms with Crippen molar-refractivity contribution in [3.8, 4) is 0 Å². The molecule has 1 rings (SSSR count). The first-order chi connectivity index (χ1) is 7.50. The lowest BCUT2D eigenvalue weighted by molar-refractivity contribution is -0.135. The molecule has 0 saturated heterocycles. The van der Waals surface area contributed by atoms with Crippen molar-refractivity contribution in [2.75, 3.05) is 13.7 Å². The standard InChI is InChI=1S/C11H15FN2O2/c1-8-5-9(3-4-10(8)12)6-16-7-11(15)14(2)13/h3-5H,6-7,13H2,1-2H3. The van der Waals surface area contributed by atoms with E-state index in [0.717, 1.165) is 10.6 Å². The van der Waals surface area contributed by atoms with Crippen molar-refractivity contribution in [3.05, 3.63) is 35.1 Å². The van der Waals surface area contributed by atoms with Crippen LogP contribution in [-0.4, -0.2) is 24.6 Å². The van der Waals surface area contributed by atoms with E-state index in [9.17, 15) is 9.18 Å². The van der Waals surface area contributed by atoms with Gasteiger partial charge in [-0.25, -0.2) is 10.2 Å².